The molecule has 5 nitrogen and oxygen atoms in total. The molecule has 0 aliphatic rings. The van der Waals surface area contributed by atoms with E-state index in [0.717, 1.165) is 23.5 Å². The Bertz CT molecular complexity index is 795. The fourth-order valence-electron chi connectivity index (χ4n) is 1.69. The smallest absolute Gasteiger partial charge is 0.283 e. The van der Waals surface area contributed by atoms with Gasteiger partial charge in [-0.05, 0) is 18.2 Å². The third kappa shape index (κ3) is 2.72. The Morgan fingerprint density at radius 1 is 1.33 bits per heavy atom. The number of thiazole rings is 1. The van der Waals surface area contributed by atoms with Gasteiger partial charge in [0.25, 0.3) is 0 Å². The maximum atomic E-state index is 12.6. The lowest BCUT2D eigenvalue weighted by Crippen LogP contribution is -2.17. The highest BCUT2D eigenvalue weighted by molar-refractivity contribution is 7.22. The largest absolute Gasteiger partial charge is 0.416 e. The van der Waals surface area contributed by atoms with E-state index in [1.54, 1.807) is 0 Å². The number of alkyl halides is 3. The number of amides is 1. The van der Waals surface area contributed by atoms with E-state index in [1.165, 1.54) is 29.4 Å². The fraction of sp³-hybridized carbons (Fsp3) is 0.0833. The molecule has 0 atom stereocenters. The molecule has 21 heavy (non-hydrogen) atoms. The van der Waals surface area contributed by atoms with Gasteiger partial charge in [0.2, 0.25) is 0 Å². The molecule has 1 amide bonds. The number of rotatable bonds is 1. The van der Waals surface area contributed by atoms with Crippen molar-refractivity contribution in [2.75, 3.05) is 5.32 Å². The van der Waals surface area contributed by atoms with Crippen LogP contribution in [0.3, 0.4) is 0 Å². The van der Waals surface area contributed by atoms with Crippen LogP contribution in [-0.2, 0) is 6.18 Å². The van der Waals surface area contributed by atoms with Crippen molar-refractivity contribution in [1.29, 1.82) is 0 Å². The second-order valence-corrected chi connectivity index (χ2v) is 5.13. The highest BCUT2D eigenvalue weighted by Gasteiger charge is 2.30. The van der Waals surface area contributed by atoms with Gasteiger partial charge in [-0.3, -0.25) is 9.88 Å². The van der Waals surface area contributed by atoms with Crippen LogP contribution >= 0.6 is 11.3 Å². The molecular weight excluding hydrogens is 305 g/mol. The SMILES string of the molecule is O=C(Nc1nc2ccc(C(F)(F)F)cc2s1)n1ccnc1. The molecule has 0 fully saturated rings. The van der Waals surface area contributed by atoms with Crippen molar-refractivity contribution in [3.05, 3.63) is 42.5 Å². The van der Waals surface area contributed by atoms with Crippen LogP contribution in [0.4, 0.5) is 23.1 Å². The third-order valence-corrected chi connectivity index (χ3v) is 3.60. The standard InChI is InChI=1S/C12H7F3N4OS/c13-12(14,15)7-1-2-8-9(5-7)21-10(17-8)18-11(20)19-4-3-16-6-19/h1-6H,(H,17,18,20). The quantitative estimate of drug-likeness (QED) is 0.747. The first-order valence-corrected chi connectivity index (χ1v) is 6.52. The molecular formula is C12H7F3N4OS. The number of carbonyl (C=O) groups is 1. The number of benzene rings is 1. The van der Waals surface area contributed by atoms with Gasteiger partial charge in [-0.25, -0.2) is 14.8 Å². The van der Waals surface area contributed by atoms with Gasteiger partial charge in [0.05, 0.1) is 15.8 Å². The van der Waals surface area contributed by atoms with Crippen molar-refractivity contribution in [1.82, 2.24) is 14.5 Å². The van der Waals surface area contributed by atoms with E-state index in [4.69, 9.17) is 0 Å². The Morgan fingerprint density at radius 3 is 2.81 bits per heavy atom. The minimum Gasteiger partial charge on any atom is -0.283 e. The van der Waals surface area contributed by atoms with E-state index in [1.807, 2.05) is 0 Å². The van der Waals surface area contributed by atoms with Gasteiger partial charge >= 0.3 is 12.2 Å². The predicted octanol–water partition coefficient (Wildman–Crippen LogP) is 3.59. The summed E-state index contributed by atoms with van der Waals surface area (Å²) in [6, 6.07) is 2.77. The van der Waals surface area contributed by atoms with Gasteiger partial charge in [0, 0.05) is 12.4 Å². The molecule has 1 aromatic carbocycles. The lowest BCUT2D eigenvalue weighted by atomic mass is 10.2. The minimum absolute atomic E-state index is 0.225. The van der Waals surface area contributed by atoms with Crippen molar-refractivity contribution in [3.8, 4) is 0 Å². The Balaban J connectivity index is 1.89. The minimum atomic E-state index is -4.40. The molecule has 2 heterocycles. The Kier molecular flexibility index (Phi) is 3.13. The van der Waals surface area contributed by atoms with Gasteiger partial charge in [-0.15, -0.1) is 0 Å². The summed E-state index contributed by atoms with van der Waals surface area (Å²) in [6.45, 7) is 0. The highest BCUT2D eigenvalue weighted by atomic mass is 32.1. The van der Waals surface area contributed by atoms with Crippen LogP contribution < -0.4 is 5.32 Å². The van der Waals surface area contributed by atoms with Gasteiger partial charge in [0.1, 0.15) is 6.33 Å². The van der Waals surface area contributed by atoms with Gasteiger partial charge < -0.3 is 0 Å². The normalized spacial score (nSPS) is 11.8. The van der Waals surface area contributed by atoms with Crippen molar-refractivity contribution >= 4 is 32.7 Å². The molecule has 0 saturated heterocycles. The molecule has 0 radical (unpaired) electrons. The molecule has 0 aliphatic carbocycles. The zero-order valence-electron chi connectivity index (χ0n) is 10.3. The molecule has 3 rings (SSSR count). The Morgan fingerprint density at radius 2 is 2.14 bits per heavy atom. The number of fused-ring (bicyclic) bond motifs is 1. The number of hydrogen-bond donors (Lipinski definition) is 1. The average Bonchev–Trinajstić information content (AvgIpc) is 3.05. The number of aromatic nitrogens is 3. The van der Waals surface area contributed by atoms with Crippen LogP contribution in [0.1, 0.15) is 5.56 Å². The summed E-state index contributed by atoms with van der Waals surface area (Å²) >= 11 is 0.976. The number of carbonyl (C=O) groups excluding carboxylic acids is 1. The highest BCUT2D eigenvalue weighted by Crippen LogP contribution is 2.34. The summed E-state index contributed by atoms with van der Waals surface area (Å²) in [5.41, 5.74) is -0.347. The van der Waals surface area contributed by atoms with Crippen molar-refractivity contribution in [2.24, 2.45) is 0 Å². The van der Waals surface area contributed by atoms with Gasteiger partial charge in [-0.1, -0.05) is 11.3 Å². The number of imidazole rings is 1. The van der Waals surface area contributed by atoms with Gasteiger partial charge in [0.15, 0.2) is 5.13 Å². The third-order valence-electron chi connectivity index (χ3n) is 2.67. The summed E-state index contributed by atoms with van der Waals surface area (Å²) in [4.78, 5) is 19.6. The number of nitrogens with one attached hydrogen (secondary N) is 1. The Labute approximate surface area is 120 Å². The fourth-order valence-corrected chi connectivity index (χ4v) is 2.58. The van der Waals surface area contributed by atoms with Crippen molar-refractivity contribution < 1.29 is 18.0 Å². The maximum absolute atomic E-state index is 12.6. The topological polar surface area (TPSA) is 59.8 Å². The molecule has 0 bridgehead atoms. The van der Waals surface area contributed by atoms with Crippen LogP contribution in [0.15, 0.2) is 36.9 Å². The molecule has 1 N–H and O–H groups in total. The predicted molar refractivity (Wildman–Crippen MR) is 71.3 cm³/mol. The van der Waals surface area contributed by atoms with Crippen molar-refractivity contribution in [2.45, 2.75) is 6.18 Å². The van der Waals surface area contributed by atoms with Crippen LogP contribution in [0.2, 0.25) is 0 Å². The second-order valence-electron chi connectivity index (χ2n) is 4.10. The lowest BCUT2D eigenvalue weighted by Gasteiger charge is -2.04. The lowest BCUT2D eigenvalue weighted by molar-refractivity contribution is -0.137. The monoisotopic (exact) mass is 312 g/mol. The van der Waals surface area contributed by atoms with E-state index in [0.29, 0.717) is 10.2 Å². The van der Waals surface area contributed by atoms with E-state index < -0.39 is 17.8 Å². The molecule has 0 saturated carbocycles. The van der Waals surface area contributed by atoms with E-state index in [9.17, 15) is 18.0 Å². The first kappa shape index (κ1) is 13.6. The van der Waals surface area contributed by atoms with Crippen molar-refractivity contribution in [3.63, 3.8) is 0 Å². The van der Waals surface area contributed by atoms with Crippen LogP contribution in [0.5, 0.6) is 0 Å². The maximum Gasteiger partial charge on any atom is 0.416 e. The van der Waals surface area contributed by atoms with Crippen LogP contribution in [-0.4, -0.2) is 20.6 Å². The zero-order valence-corrected chi connectivity index (χ0v) is 11.1. The first-order valence-electron chi connectivity index (χ1n) is 5.70. The number of halogens is 3. The zero-order chi connectivity index (χ0) is 15.0. The summed E-state index contributed by atoms with van der Waals surface area (Å²) in [5.74, 6) is 0. The molecule has 0 aliphatic heterocycles. The summed E-state index contributed by atoms with van der Waals surface area (Å²) in [7, 11) is 0. The Hall–Kier alpha value is -2.42. The first-order chi connectivity index (χ1) is 9.93. The molecule has 0 spiro atoms. The number of anilines is 1. The van der Waals surface area contributed by atoms with E-state index in [-0.39, 0.29) is 5.13 Å². The molecule has 0 unspecified atom stereocenters. The average molecular weight is 312 g/mol. The van der Waals surface area contributed by atoms with Crippen LogP contribution in [0.25, 0.3) is 10.2 Å². The molecule has 9 heteroatoms. The molecule has 3 aromatic rings. The van der Waals surface area contributed by atoms with Crippen LogP contribution in [0, 0.1) is 0 Å². The summed E-state index contributed by atoms with van der Waals surface area (Å²) < 4.78 is 39.4. The number of hydrogen-bond acceptors (Lipinski definition) is 4. The second kappa shape index (κ2) is 4.85. The molecule has 108 valence electrons. The van der Waals surface area contributed by atoms with E-state index >= 15 is 0 Å². The summed E-state index contributed by atoms with van der Waals surface area (Å²) in [5, 5.41) is 2.73. The van der Waals surface area contributed by atoms with E-state index in [2.05, 4.69) is 15.3 Å². The summed E-state index contributed by atoms with van der Waals surface area (Å²) in [6.07, 6.45) is -0.208. The number of nitrogens with zero attached hydrogens (tertiary/aromatic N) is 3. The van der Waals surface area contributed by atoms with Gasteiger partial charge in [-0.2, -0.15) is 13.2 Å². The molecule has 2 aromatic heterocycles.